The standard InChI is InChI=1S/C15H9F2N7O2/c16-13-19-14(17)21-15(20-13)18-9-1-3-10(4-2-9)22-23-11-5-7-12(8-6-11)24(25)26/h1-8H,(H,18,19,20,21). The highest BCUT2D eigenvalue weighted by Gasteiger charge is 2.06. The first-order valence-corrected chi connectivity index (χ1v) is 7.10. The van der Waals surface area contributed by atoms with E-state index >= 15 is 0 Å². The molecule has 0 unspecified atom stereocenters. The lowest BCUT2D eigenvalue weighted by Gasteiger charge is -2.04. The van der Waals surface area contributed by atoms with E-state index < -0.39 is 17.1 Å². The summed E-state index contributed by atoms with van der Waals surface area (Å²) in [5.74, 6) is -0.268. The number of benzene rings is 2. The fourth-order valence-electron chi connectivity index (χ4n) is 1.88. The van der Waals surface area contributed by atoms with Crippen molar-refractivity contribution in [3.8, 4) is 0 Å². The van der Waals surface area contributed by atoms with Crippen LogP contribution in [0.1, 0.15) is 0 Å². The first-order chi connectivity index (χ1) is 12.5. The molecule has 0 amide bonds. The minimum absolute atomic E-state index is 0.0365. The van der Waals surface area contributed by atoms with Crippen LogP contribution in [0, 0.1) is 22.3 Å². The van der Waals surface area contributed by atoms with Crippen LogP contribution in [0.5, 0.6) is 0 Å². The van der Waals surface area contributed by atoms with Gasteiger partial charge in [-0.2, -0.15) is 34.0 Å². The van der Waals surface area contributed by atoms with Gasteiger partial charge in [-0.15, -0.1) is 0 Å². The van der Waals surface area contributed by atoms with Crippen LogP contribution >= 0.6 is 0 Å². The second kappa shape index (κ2) is 7.34. The first kappa shape index (κ1) is 17.0. The summed E-state index contributed by atoms with van der Waals surface area (Å²) in [5, 5.41) is 21.2. The van der Waals surface area contributed by atoms with Gasteiger partial charge in [0.05, 0.1) is 16.3 Å². The highest BCUT2D eigenvalue weighted by molar-refractivity contribution is 5.56. The van der Waals surface area contributed by atoms with E-state index in [1.165, 1.54) is 24.3 Å². The number of nitrogens with zero attached hydrogens (tertiary/aromatic N) is 6. The molecule has 1 N–H and O–H groups in total. The fourth-order valence-corrected chi connectivity index (χ4v) is 1.88. The number of non-ortho nitro benzene ring substituents is 1. The average molecular weight is 357 g/mol. The molecule has 0 aliphatic rings. The van der Waals surface area contributed by atoms with E-state index in [0.717, 1.165) is 0 Å². The molecule has 0 fully saturated rings. The molecular weight excluding hydrogens is 348 g/mol. The number of halogens is 2. The second-order valence-corrected chi connectivity index (χ2v) is 4.84. The van der Waals surface area contributed by atoms with Crippen molar-refractivity contribution in [2.45, 2.75) is 0 Å². The van der Waals surface area contributed by atoms with Gasteiger partial charge in [-0.3, -0.25) is 10.1 Å². The lowest BCUT2D eigenvalue weighted by Crippen LogP contribution is -2.03. The molecule has 0 atom stereocenters. The van der Waals surface area contributed by atoms with Crippen LogP contribution in [0.4, 0.5) is 37.5 Å². The van der Waals surface area contributed by atoms with Gasteiger partial charge in [-0.1, -0.05) is 0 Å². The van der Waals surface area contributed by atoms with Crippen molar-refractivity contribution in [2.75, 3.05) is 5.32 Å². The Bertz CT molecular complexity index is 942. The fraction of sp³-hybridized carbons (Fsp3) is 0. The highest BCUT2D eigenvalue weighted by Crippen LogP contribution is 2.23. The minimum atomic E-state index is -1.23. The number of rotatable bonds is 5. The van der Waals surface area contributed by atoms with Crippen LogP contribution in [0.25, 0.3) is 0 Å². The second-order valence-electron chi connectivity index (χ2n) is 4.84. The van der Waals surface area contributed by atoms with E-state index in [1.54, 1.807) is 24.3 Å². The van der Waals surface area contributed by atoms with Gasteiger partial charge in [0.2, 0.25) is 5.95 Å². The van der Waals surface area contributed by atoms with Crippen molar-refractivity contribution in [1.29, 1.82) is 0 Å². The molecule has 1 heterocycles. The topological polar surface area (TPSA) is 119 Å². The number of nitrogens with one attached hydrogen (secondary N) is 1. The van der Waals surface area contributed by atoms with Crippen LogP contribution in [0.15, 0.2) is 58.8 Å². The minimum Gasteiger partial charge on any atom is -0.324 e. The Morgan fingerprint density at radius 2 is 1.35 bits per heavy atom. The van der Waals surface area contributed by atoms with Gasteiger partial charge in [0, 0.05) is 17.8 Å². The lowest BCUT2D eigenvalue weighted by atomic mass is 10.3. The molecule has 0 bridgehead atoms. The molecular formula is C15H9F2N7O2. The van der Waals surface area contributed by atoms with Crippen molar-refractivity contribution in [3.05, 3.63) is 70.8 Å². The molecule has 11 heteroatoms. The largest absolute Gasteiger partial charge is 0.324 e. The summed E-state index contributed by atoms with van der Waals surface area (Å²) in [6.45, 7) is 0. The maximum Gasteiger partial charge on any atom is 0.315 e. The van der Waals surface area contributed by atoms with Crippen molar-refractivity contribution >= 4 is 28.7 Å². The first-order valence-electron chi connectivity index (χ1n) is 7.10. The number of nitro benzene ring substituents is 1. The van der Waals surface area contributed by atoms with Crippen molar-refractivity contribution in [3.63, 3.8) is 0 Å². The molecule has 0 radical (unpaired) electrons. The molecule has 0 aliphatic heterocycles. The van der Waals surface area contributed by atoms with Gasteiger partial charge in [0.1, 0.15) is 0 Å². The SMILES string of the molecule is O=[N+]([O-])c1ccc(N=Nc2ccc(Nc3nc(F)nc(F)n3)cc2)cc1. The Balaban J connectivity index is 1.68. The number of hydrogen-bond donors (Lipinski definition) is 1. The summed E-state index contributed by atoms with van der Waals surface area (Å²) in [7, 11) is 0. The number of nitro groups is 1. The van der Waals surface area contributed by atoms with Gasteiger partial charge in [0.15, 0.2) is 0 Å². The molecule has 9 nitrogen and oxygen atoms in total. The zero-order valence-electron chi connectivity index (χ0n) is 12.9. The van der Waals surface area contributed by atoms with Gasteiger partial charge in [-0.05, 0) is 36.4 Å². The monoisotopic (exact) mass is 357 g/mol. The summed E-state index contributed by atoms with van der Waals surface area (Å²) in [6, 6.07) is 12.0. The smallest absolute Gasteiger partial charge is 0.315 e. The van der Waals surface area contributed by atoms with Crippen LogP contribution in [0.2, 0.25) is 0 Å². The molecule has 0 saturated heterocycles. The Morgan fingerprint density at radius 1 is 0.846 bits per heavy atom. The van der Waals surface area contributed by atoms with E-state index in [2.05, 4.69) is 30.5 Å². The highest BCUT2D eigenvalue weighted by atomic mass is 19.1. The van der Waals surface area contributed by atoms with E-state index in [0.29, 0.717) is 17.1 Å². The van der Waals surface area contributed by atoms with Crippen molar-refractivity contribution < 1.29 is 13.7 Å². The van der Waals surface area contributed by atoms with Crippen molar-refractivity contribution in [2.24, 2.45) is 10.2 Å². The van der Waals surface area contributed by atoms with E-state index in [-0.39, 0.29) is 11.6 Å². The van der Waals surface area contributed by atoms with Crippen LogP contribution in [-0.2, 0) is 0 Å². The van der Waals surface area contributed by atoms with E-state index in [9.17, 15) is 18.9 Å². The maximum atomic E-state index is 12.9. The van der Waals surface area contributed by atoms with Gasteiger partial charge in [0.25, 0.3) is 5.69 Å². The molecule has 0 saturated carbocycles. The number of azo groups is 1. The van der Waals surface area contributed by atoms with Gasteiger partial charge in [-0.25, -0.2) is 0 Å². The van der Waals surface area contributed by atoms with E-state index in [1.807, 2.05) is 0 Å². The number of aromatic nitrogens is 3. The van der Waals surface area contributed by atoms with Crippen LogP contribution in [0.3, 0.4) is 0 Å². The average Bonchev–Trinajstić information content (AvgIpc) is 2.60. The summed E-state index contributed by atoms with van der Waals surface area (Å²) in [4.78, 5) is 19.5. The van der Waals surface area contributed by atoms with E-state index in [4.69, 9.17) is 0 Å². The third-order valence-corrected chi connectivity index (χ3v) is 3.05. The number of hydrogen-bond acceptors (Lipinski definition) is 8. The summed E-state index contributed by atoms with van der Waals surface area (Å²) >= 11 is 0. The lowest BCUT2D eigenvalue weighted by molar-refractivity contribution is -0.384. The molecule has 3 aromatic rings. The molecule has 0 spiro atoms. The molecule has 2 aromatic carbocycles. The summed E-state index contributed by atoms with van der Waals surface area (Å²) in [6.07, 6.45) is -2.46. The molecule has 26 heavy (non-hydrogen) atoms. The van der Waals surface area contributed by atoms with Crippen molar-refractivity contribution in [1.82, 2.24) is 15.0 Å². The zero-order chi connectivity index (χ0) is 18.5. The molecule has 1 aromatic heterocycles. The Labute approximate surface area is 144 Å². The molecule has 0 aliphatic carbocycles. The third kappa shape index (κ3) is 4.35. The van der Waals surface area contributed by atoms with Crippen LogP contribution in [-0.4, -0.2) is 19.9 Å². The molecule has 3 rings (SSSR count). The number of anilines is 2. The Kier molecular flexibility index (Phi) is 4.78. The summed E-state index contributed by atoms with van der Waals surface area (Å²) in [5.41, 5.74) is 1.39. The van der Waals surface area contributed by atoms with Gasteiger partial charge >= 0.3 is 12.2 Å². The maximum absolute atomic E-state index is 12.9. The molecule has 130 valence electrons. The van der Waals surface area contributed by atoms with Crippen LogP contribution < -0.4 is 5.32 Å². The summed E-state index contributed by atoms with van der Waals surface area (Å²) < 4.78 is 25.8. The Morgan fingerprint density at radius 3 is 1.85 bits per heavy atom. The zero-order valence-corrected chi connectivity index (χ0v) is 12.9. The predicted molar refractivity (Wildman–Crippen MR) is 86.7 cm³/mol. The van der Waals surface area contributed by atoms with Gasteiger partial charge < -0.3 is 5.32 Å². The normalized spacial score (nSPS) is 10.8. The third-order valence-electron chi connectivity index (χ3n) is 3.05. The quantitative estimate of drug-likeness (QED) is 0.415. The predicted octanol–water partition coefficient (Wildman–Crippen LogP) is 4.22. The Hall–Kier alpha value is -3.89.